The molecule has 0 atom stereocenters. The standard InChI is InChI=1S/C14H13F2N3/c1-2-14(10-4-3-5-17-9-10)19-18-13-7-11(15)6-12(16)8-13/h3-9,18H,2H2,1H3/b19-14+. The van der Waals surface area contributed by atoms with E-state index in [0.29, 0.717) is 6.42 Å². The van der Waals surface area contributed by atoms with Crippen LogP contribution in [-0.4, -0.2) is 10.7 Å². The van der Waals surface area contributed by atoms with E-state index in [4.69, 9.17) is 0 Å². The van der Waals surface area contributed by atoms with Crippen molar-refractivity contribution in [3.63, 3.8) is 0 Å². The summed E-state index contributed by atoms with van der Waals surface area (Å²) in [6.45, 7) is 1.94. The van der Waals surface area contributed by atoms with Crippen LogP contribution < -0.4 is 5.43 Å². The Hall–Kier alpha value is -2.30. The van der Waals surface area contributed by atoms with E-state index in [1.807, 2.05) is 19.1 Å². The average molecular weight is 261 g/mol. The Bertz CT molecular complexity index is 562. The zero-order valence-electron chi connectivity index (χ0n) is 10.4. The molecule has 0 saturated heterocycles. The van der Waals surface area contributed by atoms with Crippen LogP contribution >= 0.6 is 0 Å². The van der Waals surface area contributed by atoms with Gasteiger partial charge in [-0.1, -0.05) is 13.0 Å². The molecule has 1 aromatic heterocycles. The van der Waals surface area contributed by atoms with E-state index in [0.717, 1.165) is 17.3 Å². The Morgan fingerprint density at radius 2 is 2.00 bits per heavy atom. The van der Waals surface area contributed by atoms with Crippen LogP contribution in [0.1, 0.15) is 18.9 Å². The number of benzene rings is 1. The van der Waals surface area contributed by atoms with Crippen LogP contribution in [0.3, 0.4) is 0 Å². The first kappa shape index (κ1) is 13.1. The predicted molar refractivity (Wildman–Crippen MR) is 71.0 cm³/mol. The highest BCUT2D eigenvalue weighted by atomic mass is 19.1. The first-order valence-electron chi connectivity index (χ1n) is 5.88. The van der Waals surface area contributed by atoms with Gasteiger partial charge in [-0.15, -0.1) is 0 Å². The average Bonchev–Trinajstić information content (AvgIpc) is 2.39. The molecular weight excluding hydrogens is 248 g/mol. The molecule has 0 amide bonds. The summed E-state index contributed by atoms with van der Waals surface area (Å²) in [5.41, 5.74) is 4.56. The highest BCUT2D eigenvalue weighted by molar-refractivity contribution is 6.00. The van der Waals surface area contributed by atoms with Gasteiger partial charge in [-0.05, 0) is 24.6 Å². The molecule has 5 heteroatoms. The van der Waals surface area contributed by atoms with Crippen molar-refractivity contribution in [3.8, 4) is 0 Å². The molecule has 1 heterocycles. The maximum Gasteiger partial charge on any atom is 0.128 e. The second-order valence-electron chi connectivity index (χ2n) is 3.92. The van der Waals surface area contributed by atoms with Crippen molar-refractivity contribution in [1.29, 1.82) is 0 Å². The fourth-order valence-corrected chi connectivity index (χ4v) is 1.63. The quantitative estimate of drug-likeness (QED) is 0.674. The van der Waals surface area contributed by atoms with E-state index in [1.165, 1.54) is 12.1 Å². The Kier molecular flexibility index (Phi) is 4.18. The van der Waals surface area contributed by atoms with Gasteiger partial charge in [0.2, 0.25) is 0 Å². The van der Waals surface area contributed by atoms with Crippen molar-refractivity contribution in [3.05, 3.63) is 59.9 Å². The van der Waals surface area contributed by atoms with Crippen LogP contribution in [0.2, 0.25) is 0 Å². The normalized spacial score (nSPS) is 11.4. The number of nitrogens with one attached hydrogen (secondary N) is 1. The fraction of sp³-hybridized carbons (Fsp3) is 0.143. The van der Waals surface area contributed by atoms with Gasteiger partial charge in [0, 0.05) is 24.0 Å². The van der Waals surface area contributed by atoms with Gasteiger partial charge in [-0.2, -0.15) is 5.10 Å². The van der Waals surface area contributed by atoms with E-state index in [1.54, 1.807) is 12.4 Å². The number of pyridine rings is 1. The Morgan fingerprint density at radius 3 is 2.58 bits per heavy atom. The number of hydrazone groups is 1. The molecule has 0 radical (unpaired) electrons. The molecule has 2 aromatic rings. The summed E-state index contributed by atoms with van der Waals surface area (Å²) in [6.07, 6.45) is 4.04. The first-order chi connectivity index (χ1) is 9.19. The monoisotopic (exact) mass is 261 g/mol. The Morgan fingerprint density at radius 1 is 1.26 bits per heavy atom. The molecule has 0 aliphatic carbocycles. The van der Waals surface area contributed by atoms with E-state index in [-0.39, 0.29) is 5.69 Å². The van der Waals surface area contributed by atoms with Gasteiger partial charge in [0.15, 0.2) is 0 Å². The highest BCUT2D eigenvalue weighted by Crippen LogP contribution is 2.13. The molecule has 0 aliphatic rings. The van der Waals surface area contributed by atoms with Gasteiger partial charge >= 0.3 is 0 Å². The lowest BCUT2D eigenvalue weighted by Gasteiger charge is -2.05. The van der Waals surface area contributed by atoms with Crippen molar-refractivity contribution in [2.24, 2.45) is 5.10 Å². The zero-order valence-corrected chi connectivity index (χ0v) is 10.4. The fourth-order valence-electron chi connectivity index (χ4n) is 1.63. The minimum absolute atomic E-state index is 0.271. The molecule has 0 saturated carbocycles. The molecule has 2 rings (SSSR count). The molecule has 0 bridgehead atoms. The highest BCUT2D eigenvalue weighted by Gasteiger charge is 2.02. The largest absolute Gasteiger partial charge is 0.278 e. The summed E-state index contributed by atoms with van der Waals surface area (Å²) in [4.78, 5) is 4.01. The van der Waals surface area contributed by atoms with Crippen molar-refractivity contribution in [2.45, 2.75) is 13.3 Å². The van der Waals surface area contributed by atoms with E-state index in [2.05, 4.69) is 15.5 Å². The van der Waals surface area contributed by atoms with Gasteiger partial charge in [-0.3, -0.25) is 10.4 Å². The SMILES string of the molecule is CC/C(=N\Nc1cc(F)cc(F)c1)c1cccnc1. The van der Waals surface area contributed by atoms with Gasteiger partial charge in [0.1, 0.15) is 11.6 Å². The molecule has 0 unspecified atom stereocenters. The van der Waals surface area contributed by atoms with E-state index >= 15 is 0 Å². The van der Waals surface area contributed by atoms with Gasteiger partial charge in [0.05, 0.1) is 11.4 Å². The number of anilines is 1. The third-order valence-corrected chi connectivity index (χ3v) is 2.51. The van der Waals surface area contributed by atoms with Crippen LogP contribution in [-0.2, 0) is 0 Å². The van der Waals surface area contributed by atoms with Crippen molar-refractivity contribution >= 4 is 11.4 Å². The van der Waals surface area contributed by atoms with Gasteiger partial charge < -0.3 is 0 Å². The van der Waals surface area contributed by atoms with Crippen LogP contribution in [0.4, 0.5) is 14.5 Å². The molecule has 3 nitrogen and oxygen atoms in total. The topological polar surface area (TPSA) is 37.3 Å². The second kappa shape index (κ2) is 6.04. The van der Waals surface area contributed by atoms with E-state index in [9.17, 15) is 8.78 Å². The first-order valence-corrected chi connectivity index (χ1v) is 5.88. The van der Waals surface area contributed by atoms with Crippen molar-refractivity contribution in [1.82, 2.24) is 4.98 Å². The smallest absolute Gasteiger partial charge is 0.128 e. The third-order valence-electron chi connectivity index (χ3n) is 2.51. The maximum atomic E-state index is 13.0. The van der Waals surface area contributed by atoms with Crippen LogP contribution in [0.25, 0.3) is 0 Å². The summed E-state index contributed by atoms with van der Waals surface area (Å²) < 4.78 is 26.0. The van der Waals surface area contributed by atoms with E-state index < -0.39 is 11.6 Å². The third kappa shape index (κ3) is 3.58. The number of nitrogens with zero attached hydrogens (tertiary/aromatic N) is 2. The molecule has 1 N–H and O–H groups in total. The van der Waals surface area contributed by atoms with Gasteiger partial charge in [0.25, 0.3) is 0 Å². The van der Waals surface area contributed by atoms with Gasteiger partial charge in [-0.25, -0.2) is 8.78 Å². The Labute approximate surface area is 110 Å². The summed E-state index contributed by atoms with van der Waals surface area (Å²) >= 11 is 0. The van der Waals surface area contributed by atoms with Crippen molar-refractivity contribution in [2.75, 3.05) is 5.43 Å². The number of aromatic nitrogens is 1. The lowest BCUT2D eigenvalue weighted by molar-refractivity contribution is 0.584. The molecular formula is C14H13F2N3. The molecule has 0 aliphatic heterocycles. The molecule has 0 fully saturated rings. The number of halogens is 2. The lowest BCUT2D eigenvalue weighted by atomic mass is 10.1. The Balaban J connectivity index is 2.20. The molecule has 98 valence electrons. The number of hydrogen-bond acceptors (Lipinski definition) is 3. The number of hydrogen-bond donors (Lipinski definition) is 1. The van der Waals surface area contributed by atoms with Crippen molar-refractivity contribution < 1.29 is 8.78 Å². The lowest BCUT2D eigenvalue weighted by Crippen LogP contribution is -2.03. The minimum atomic E-state index is -0.642. The van der Waals surface area contributed by atoms with Crippen LogP contribution in [0.5, 0.6) is 0 Å². The summed E-state index contributed by atoms with van der Waals surface area (Å²) in [5.74, 6) is -1.28. The minimum Gasteiger partial charge on any atom is -0.278 e. The number of rotatable bonds is 4. The summed E-state index contributed by atoms with van der Waals surface area (Å²) in [5, 5.41) is 4.16. The molecule has 19 heavy (non-hydrogen) atoms. The molecule has 1 aromatic carbocycles. The maximum absolute atomic E-state index is 13.0. The zero-order chi connectivity index (χ0) is 13.7. The molecule has 0 spiro atoms. The van der Waals surface area contributed by atoms with Crippen LogP contribution in [0.15, 0.2) is 47.8 Å². The second-order valence-corrected chi connectivity index (χ2v) is 3.92. The predicted octanol–water partition coefficient (Wildman–Crippen LogP) is 3.59. The summed E-state index contributed by atoms with van der Waals surface area (Å²) in [6, 6.07) is 6.87. The van der Waals surface area contributed by atoms with Crippen LogP contribution in [0, 0.1) is 11.6 Å². The summed E-state index contributed by atoms with van der Waals surface area (Å²) in [7, 11) is 0.